The fraction of sp³-hybridized carbons (Fsp3) is 0.133. The van der Waals surface area contributed by atoms with Crippen LogP contribution in [0.1, 0.15) is 15.9 Å². The van der Waals surface area contributed by atoms with Gasteiger partial charge in [0.15, 0.2) is 0 Å². The third-order valence-corrected chi connectivity index (χ3v) is 2.75. The maximum absolute atomic E-state index is 13.5. The lowest BCUT2D eigenvalue weighted by atomic mass is 10.1. The first-order valence-corrected chi connectivity index (χ1v) is 5.96. The van der Waals surface area contributed by atoms with E-state index in [0.29, 0.717) is 17.0 Å². The molecule has 2 N–H and O–H groups in total. The summed E-state index contributed by atoms with van der Waals surface area (Å²) in [4.78, 5) is 11.6. The van der Waals surface area contributed by atoms with Gasteiger partial charge in [0, 0.05) is 11.3 Å². The lowest BCUT2D eigenvalue weighted by molar-refractivity contribution is 0.0595. The van der Waals surface area contributed by atoms with Gasteiger partial charge < -0.3 is 15.2 Å². The van der Waals surface area contributed by atoms with Crippen LogP contribution in [-0.2, 0) is 11.3 Å². The fourth-order valence-corrected chi connectivity index (χ4v) is 1.71. The Kier molecular flexibility index (Phi) is 4.20. The summed E-state index contributed by atoms with van der Waals surface area (Å²) in [6.45, 7) is 0.0145. The SMILES string of the molecule is COC(=O)c1cc(N)ccc1OCc1ccccc1F. The second kappa shape index (κ2) is 6.06. The maximum atomic E-state index is 13.5. The van der Waals surface area contributed by atoms with Gasteiger partial charge in [0.05, 0.1) is 7.11 Å². The molecule has 2 rings (SSSR count). The summed E-state index contributed by atoms with van der Waals surface area (Å²) in [7, 11) is 1.27. The highest BCUT2D eigenvalue weighted by Gasteiger charge is 2.14. The van der Waals surface area contributed by atoms with Gasteiger partial charge in [-0.3, -0.25) is 0 Å². The first kappa shape index (κ1) is 13.9. The molecule has 0 aliphatic carbocycles. The van der Waals surface area contributed by atoms with Crippen LogP contribution in [0.15, 0.2) is 42.5 Å². The van der Waals surface area contributed by atoms with Crippen molar-refractivity contribution in [3.63, 3.8) is 0 Å². The number of halogens is 1. The van der Waals surface area contributed by atoms with Gasteiger partial charge in [0.25, 0.3) is 0 Å². The number of anilines is 1. The molecule has 0 aliphatic rings. The Morgan fingerprint density at radius 2 is 2.00 bits per heavy atom. The smallest absolute Gasteiger partial charge is 0.341 e. The Balaban J connectivity index is 2.21. The van der Waals surface area contributed by atoms with Gasteiger partial charge in [-0.1, -0.05) is 18.2 Å². The largest absolute Gasteiger partial charge is 0.488 e. The van der Waals surface area contributed by atoms with Crippen LogP contribution < -0.4 is 10.5 Å². The number of hydrogen-bond donors (Lipinski definition) is 1. The van der Waals surface area contributed by atoms with Crippen molar-refractivity contribution in [2.75, 3.05) is 12.8 Å². The number of nitrogens with two attached hydrogens (primary N) is 1. The molecule has 4 nitrogen and oxygen atoms in total. The van der Waals surface area contributed by atoms with Crippen LogP contribution in [0.2, 0.25) is 0 Å². The molecular formula is C15H14FNO3. The monoisotopic (exact) mass is 275 g/mol. The number of carbonyl (C=O) groups excluding carboxylic acids is 1. The van der Waals surface area contributed by atoms with E-state index in [1.807, 2.05) is 0 Å². The van der Waals surface area contributed by atoms with Crippen molar-refractivity contribution in [1.82, 2.24) is 0 Å². The van der Waals surface area contributed by atoms with Gasteiger partial charge in [-0.25, -0.2) is 9.18 Å². The highest BCUT2D eigenvalue weighted by Crippen LogP contribution is 2.23. The molecule has 0 spiro atoms. The summed E-state index contributed by atoms with van der Waals surface area (Å²) in [6, 6.07) is 10.9. The van der Waals surface area contributed by atoms with Gasteiger partial charge in [-0.2, -0.15) is 0 Å². The predicted octanol–water partition coefficient (Wildman–Crippen LogP) is 2.77. The van der Waals surface area contributed by atoms with Crippen molar-refractivity contribution in [2.24, 2.45) is 0 Å². The van der Waals surface area contributed by atoms with E-state index in [4.69, 9.17) is 10.5 Å². The van der Waals surface area contributed by atoms with Crippen LogP contribution in [-0.4, -0.2) is 13.1 Å². The molecule has 0 atom stereocenters. The van der Waals surface area contributed by atoms with E-state index in [2.05, 4.69) is 4.74 Å². The molecule has 2 aromatic rings. The van der Waals surface area contributed by atoms with Gasteiger partial charge >= 0.3 is 5.97 Å². The molecule has 0 aliphatic heterocycles. The molecule has 2 aromatic carbocycles. The van der Waals surface area contributed by atoms with Crippen molar-refractivity contribution < 1.29 is 18.7 Å². The minimum atomic E-state index is -0.555. The number of esters is 1. The Bertz CT molecular complexity index is 628. The first-order chi connectivity index (χ1) is 9.61. The van der Waals surface area contributed by atoms with Crippen molar-refractivity contribution >= 4 is 11.7 Å². The summed E-state index contributed by atoms with van der Waals surface area (Å²) in [5.74, 6) is -0.613. The van der Waals surface area contributed by atoms with Crippen LogP contribution in [0.5, 0.6) is 5.75 Å². The molecule has 0 radical (unpaired) electrons. The highest BCUT2D eigenvalue weighted by atomic mass is 19.1. The molecule has 0 amide bonds. The summed E-state index contributed by atoms with van der Waals surface area (Å²) in [5, 5.41) is 0. The minimum Gasteiger partial charge on any atom is -0.488 e. The summed E-state index contributed by atoms with van der Waals surface area (Å²) < 4.78 is 23.6. The number of nitrogen functional groups attached to an aromatic ring is 1. The molecule has 0 aromatic heterocycles. The van der Waals surface area contributed by atoms with E-state index < -0.39 is 5.97 Å². The predicted molar refractivity (Wildman–Crippen MR) is 72.9 cm³/mol. The van der Waals surface area contributed by atoms with E-state index >= 15 is 0 Å². The first-order valence-electron chi connectivity index (χ1n) is 5.96. The highest BCUT2D eigenvalue weighted by molar-refractivity contribution is 5.93. The fourth-order valence-electron chi connectivity index (χ4n) is 1.71. The van der Waals surface area contributed by atoms with E-state index in [1.165, 1.54) is 19.2 Å². The van der Waals surface area contributed by atoms with Gasteiger partial charge in [-0.05, 0) is 24.3 Å². The van der Waals surface area contributed by atoms with Crippen LogP contribution >= 0.6 is 0 Å². The number of ether oxygens (including phenoxy) is 2. The zero-order valence-corrected chi connectivity index (χ0v) is 10.9. The average Bonchev–Trinajstić information content (AvgIpc) is 2.46. The normalized spacial score (nSPS) is 10.1. The molecule has 0 saturated heterocycles. The van der Waals surface area contributed by atoms with Crippen molar-refractivity contribution in [3.8, 4) is 5.75 Å². The Morgan fingerprint density at radius 1 is 1.25 bits per heavy atom. The topological polar surface area (TPSA) is 61.5 Å². The van der Waals surface area contributed by atoms with Crippen LogP contribution in [0, 0.1) is 5.82 Å². The summed E-state index contributed by atoms with van der Waals surface area (Å²) in [6.07, 6.45) is 0. The third-order valence-electron chi connectivity index (χ3n) is 2.75. The van der Waals surface area contributed by atoms with E-state index in [9.17, 15) is 9.18 Å². The molecule has 0 fully saturated rings. The molecule has 0 unspecified atom stereocenters. The van der Waals surface area contributed by atoms with Crippen LogP contribution in [0.25, 0.3) is 0 Å². The van der Waals surface area contributed by atoms with Crippen molar-refractivity contribution in [2.45, 2.75) is 6.61 Å². The van der Waals surface area contributed by atoms with E-state index in [1.54, 1.807) is 30.3 Å². The van der Waals surface area contributed by atoms with Crippen LogP contribution in [0.4, 0.5) is 10.1 Å². The zero-order valence-electron chi connectivity index (χ0n) is 10.9. The second-order valence-corrected chi connectivity index (χ2v) is 4.13. The quantitative estimate of drug-likeness (QED) is 0.688. The van der Waals surface area contributed by atoms with Gasteiger partial charge in [0.2, 0.25) is 0 Å². The molecule has 0 bridgehead atoms. The molecule has 0 saturated carbocycles. The zero-order chi connectivity index (χ0) is 14.5. The number of benzene rings is 2. The Hall–Kier alpha value is -2.56. The molecule has 20 heavy (non-hydrogen) atoms. The lowest BCUT2D eigenvalue weighted by Gasteiger charge is -2.11. The molecule has 104 valence electrons. The Morgan fingerprint density at radius 3 is 2.70 bits per heavy atom. The van der Waals surface area contributed by atoms with Gasteiger partial charge in [0.1, 0.15) is 23.7 Å². The maximum Gasteiger partial charge on any atom is 0.341 e. The summed E-state index contributed by atoms with van der Waals surface area (Å²) >= 11 is 0. The number of carbonyl (C=O) groups is 1. The lowest BCUT2D eigenvalue weighted by Crippen LogP contribution is -2.07. The van der Waals surface area contributed by atoms with E-state index in [0.717, 1.165) is 0 Å². The average molecular weight is 275 g/mol. The number of rotatable bonds is 4. The van der Waals surface area contributed by atoms with Crippen molar-refractivity contribution in [3.05, 3.63) is 59.4 Å². The number of hydrogen-bond acceptors (Lipinski definition) is 4. The van der Waals surface area contributed by atoms with Gasteiger partial charge in [-0.15, -0.1) is 0 Å². The molecule has 5 heteroatoms. The Labute approximate surface area is 115 Å². The number of methoxy groups -OCH3 is 1. The second-order valence-electron chi connectivity index (χ2n) is 4.13. The van der Waals surface area contributed by atoms with Crippen molar-refractivity contribution in [1.29, 1.82) is 0 Å². The molecular weight excluding hydrogens is 261 g/mol. The molecule has 0 heterocycles. The van der Waals surface area contributed by atoms with E-state index in [-0.39, 0.29) is 18.0 Å². The minimum absolute atomic E-state index is 0.0145. The summed E-state index contributed by atoms with van der Waals surface area (Å²) in [5.41, 5.74) is 6.66. The standard InChI is InChI=1S/C15H14FNO3/c1-19-15(18)12-8-11(17)6-7-14(12)20-9-10-4-2-3-5-13(10)16/h2-8H,9,17H2,1H3. The third kappa shape index (κ3) is 3.06. The van der Waals surface area contributed by atoms with Crippen LogP contribution in [0.3, 0.4) is 0 Å².